The molecule has 21 heavy (non-hydrogen) atoms. The molecule has 118 valence electrons. The minimum Gasteiger partial charge on any atom is -0.480 e. The van der Waals surface area contributed by atoms with Gasteiger partial charge in [0, 0.05) is 6.20 Å². The summed E-state index contributed by atoms with van der Waals surface area (Å²) in [6.45, 7) is 7.98. The predicted octanol–water partition coefficient (Wildman–Crippen LogP) is 2.47. The minimum absolute atomic E-state index is 0.188. The molecule has 2 N–H and O–H groups in total. The van der Waals surface area contributed by atoms with Crippen LogP contribution in [0.25, 0.3) is 0 Å². The zero-order valence-electron chi connectivity index (χ0n) is 13.2. The maximum absolute atomic E-state index is 12.1. The summed E-state index contributed by atoms with van der Waals surface area (Å²) in [5, 5.41) is 15.9. The number of rotatable bonds is 8. The molecular weight excluding hydrogens is 270 g/mol. The number of hydrogen-bond donors (Lipinski definition) is 2. The molecule has 6 heteroatoms. The summed E-state index contributed by atoms with van der Waals surface area (Å²) in [5.41, 5.74) is 0.261. The van der Waals surface area contributed by atoms with Gasteiger partial charge in [-0.05, 0) is 31.2 Å². The van der Waals surface area contributed by atoms with Crippen LogP contribution in [-0.4, -0.2) is 32.8 Å². The van der Waals surface area contributed by atoms with Crippen molar-refractivity contribution in [2.45, 2.75) is 59.0 Å². The second-order valence-electron chi connectivity index (χ2n) is 5.65. The highest BCUT2D eigenvalue weighted by Gasteiger charge is 2.23. The highest BCUT2D eigenvalue weighted by atomic mass is 16.4. The normalized spacial score (nSPS) is 12.7. The number of carbonyl (C=O) groups excluding carboxylic acids is 1. The average molecular weight is 295 g/mol. The summed E-state index contributed by atoms with van der Waals surface area (Å²) >= 11 is 0. The molecule has 0 unspecified atom stereocenters. The lowest BCUT2D eigenvalue weighted by molar-refractivity contribution is -0.139. The second-order valence-corrected chi connectivity index (χ2v) is 5.65. The second kappa shape index (κ2) is 7.81. The molecule has 1 heterocycles. The molecule has 6 nitrogen and oxygen atoms in total. The number of carboxylic acids is 1. The van der Waals surface area contributed by atoms with E-state index in [2.05, 4.69) is 24.3 Å². The van der Waals surface area contributed by atoms with Gasteiger partial charge >= 0.3 is 5.97 Å². The number of amides is 1. The molecule has 0 spiro atoms. The van der Waals surface area contributed by atoms with Crippen molar-refractivity contribution < 1.29 is 14.7 Å². The molecule has 1 aromatic heterocycles. The van der Waals surface area contributed by atoms with Crippen LogP contribution in [0.2, 0.25) is 0 Å². The smallest absolute Gasteiger partial charge is 0.326 e. The Hall–Kier alpha value is -1.85. The third-order valence-corrected chi connectivity index (χ3v) is 3.47. The monoisotopic (exact) mass is 295 g/mol. The van der Waals surface area contributed by atoms with Gasteiger partial charge < -0.3 is 10.4 Å². The maximum Gasteiger partial charge on any atom is 0.326 e. The number of aliphatic carboxylic acids is 1. The van der Waals surface area contributed by atoms with Crippen molar-refractivity contribution >= 4 is 11.9 Å². The Morgan fingerprint density at radius 3 is 2.43 bits per heavy atom. The Balaban J connectivity index is 2.76. The molecule has 1 atom stereocenters. The van der Waals surface area contributed by atoms with E-state index in [1.165, 1.54) is 0 Å². The lowest BCUT2D eigenvalue weighted by Crippen LogP contribution is -2.41. The number of hydrogen-bond acceptors (Lipinski definition) is 3. The van der Waals surface area contributed by atoms with Crippen molar-refractivity contribution in [1.82, 2.24) is 15.1 Å². The number of carbonyl (C=O) groups is 2. The van der Waals surface area contributed by atoms with Gasteiger partial charge in [-0.25, -0.2) is 4.79 Å². The molecule has 0 aliphatic heterocycles. The molecule has 0 bridgehead atoms. The van der Waals surface area contributed by atoms with E-state index in [4.69, 9.17) is 5.11 Å². The van der Waals surface area contributed by atoms with Crippen molar-refractivity contribution in [3.05, 3.63) is 18.0 Å². The van der Waals surface area contributed by atoms with Crippen LogP contribution in [0.4, 0.5) is 0 Å². The van der Waals surface area contributed by atoms with Crippen LogP contribution in [-0.2, 0) is 4.79 Å². The zero-order valence-corrected chi connectivity index (χ0v) is 13.2. The molecule has 0 aromatic carbocycles. The van der Waals surface area contributed by atoms with E-state index < -0.39 is 17.9 Å². The number of carboxylic acid groups (broad SMARTS) is 1. The van der Waals surface area contributed by atoms with Gasteiger partial charge in [-0.1, -0.05) is 27.7 Å². The maximum atomic E-state index is 12.1. The Bertz CT molecular complexity index is 478. The van der Waals surface area contributed by atoms with Gasteiger partial charge in [-0.3, -0.25) is 9.48 Å². The van der Waals surface area contributed by atoms with Crippen molar-refractivity contribution in [1.29, 1.82) is 0 Å². The topological polar surface area (TPSA) is 84.2 Å². The summed E-state index contributed by atoms with van der Waals surface area (Å²) in [5.74, 6) is -1.27. The highest BCUT2D eigenvalue weighted by molar-refractivity contribution is 5.94. The molecule has 0 aliphatic carbocycles. The van der Waals surface area contributed by atoms with E-state index in [0.29, 0.717) is 6.42 Å². The van der Waals surface area contributed by atoms with Gasteiger partial charge in [0.15, 0.2) is 0 Å². The molecule has 1 aromatic rings. The van der Waals surface area contributed by atoms with Gasteiger partial charge in [-0.2, -0.15) is 5.10 Å². The molecule has 1 amide bonds. The molecule has 0 saturated carbocycles. The van der Waals surface area contributed by atoms with E-state index >= 15 is 0 Å². The summed E-state index contributed by atoms with van der Waals surface area (Å²) < 4.78 is 1.77. The average Bonchev–Trinajstić information content (AvgIpc) is 2.88. The Labute approximate surface area is 125 Å². The number of nitrogens with one attached hydrogen (secondary N) is 1. The molecule has 1 rings (SSSR count). The molecule has 0 fully saturated rings. The van der Waals surface area contributed by atoms with Crippen LogP contribution < -0.4 is 5.32 Å². The molecule has 0 saturated heterocycles. The van der Waals surface area contributed by atoms with E-state index in [9.17, 15) is 9.59 Å². The van der Waals surface area contributed by atoms with E-state index in [-0.39, 0.29) is 17.7 Å². The van der Waals surface area contributed by atoms with Crippen LogP contribution in [0.5, 0.6) is 0 Å². The van der Waals surface area contributed by atoms with Gasteiger partial charge in [0.1, 0.15) is 11.7 Å². The van der Waals surface area contributed by atoms with Gasteiger partial charge in [0.05, 0.1) is 6.04 Å². The fourth-order valence-corrected chi connectivity index (χ4v) is 2.25. The summed E-state index contributed by atoms with van der Waals surface area (Å²) in [6.07, 6.45) is 4.04. The Kier molecular flexibility index (Phi) is 6.39. The van der Waals surface area contributed by atoms with E-state index in [1.807, 2.05) is 13.8 Å². The number of aromatic nitrogens is 2. The van der Waals surface area contributed by atoms with Crippen LogP contribution >= 0.6 is 0 Å². The van der Waals surface area contributed by atoms with Gasteiger partial charge in [0.2, 0.25) is 0 Å². The summed E-state index contributed by atoms with van der Waals surface area (Å²) in [6, 6.07) is 1.01. The number of nitrogens with zero attached hydrogens (tertiary/aromatic N) is 2. The molecular formula is C15H25N3O3. The Morgan fingerprint density at radius 1 is 1.33 bits per heavy atom. The van der Waals surface area contributed by atoms with Crippen LogP contribution in [0.15, 0.2) is 12.3 Å². The van der Waals surface area contributed by atoms with Crippen molar-refractivity contribution in [2.75, 3.05) is 0 Å². The van der Waals surface area contributed by atoms with Crippen molar-refractivity contribution in [2.24, 2.45) is 5.92 Å². The zero-order chi connectivity index (χ0) is 16.0. The first-order chi connectivity index (χ1) is 9.88. The van der Waals surface area contributed by atoms with Crippen molar-refractivity contribution in [3.63, 3.8) is 0 Å². The first kappa shape index (κ1) is 17.2. The fourth-order valence-electron chi connectivity index (χ4n) is 2.25. The van der Waals surface area contributed by atoms with Crippen LogP contribution in [0, 0.1) is 5.92 Å². The third kappa shape index (κ3) is 4.88. The molecule has 0 aliphatic rings. The van der Waals surface area contributed by atoms with Gasteiger partial charge in [0.25, 0.3) is 5.91 Å². The summed E-state index contributed by atoms with van der Waals surface area (Å²) in [4.78, 5) is 23.3. The Morgan fingerprint density at radius 2 is 1.95 bits per heavy atom. The van der Waals surface area contributed by atoms with E-state index in [0.717, 1.165) is 12.8 Å². The quantitative estimate of drug-likeness (QED) is 0.771. The lowest BCUT2D eigenvalue weighted by Gasteiger charge is -2.16. The van der Waals surface area contributed by atoms with E-state index in [1.54, 1.807) is 16.9 Å². The third-order valence-electron chi connectivity index (χ3n) is 3.47. The minimum atomic E-state index is -1.02. The largest absolute Gasteiger partial charge is 0.480 e. The standard InChI is InChI=1S/C15H25N3O3/c1-5-11(6-2)18-8-7-12(17-18)14(19)16-13(15(20)21)9-10(3)4/h7-8,10-11,13H,5-6,9H2,1-4H3,(H,16,19)(H,20,21)/t13-/m1/s1. The fraction of sp³-hybridized carbons (Fsp3) is 0.667. The lowest BCUT2D eigenvalue weighted by atomic mass is 10.0. The van der Waals surface area contributed by atoms with Crippen LogP contribution in [0.3, 0.4) is 0 Å². The molecule has 0 radical (unpaired) electrons. The predicted molar refractivity (Wildman–Crippen MR) is 80.2 cm³/mol. The SMILES string of the molecule is CCC(CC)n1ccc(C(=O)N[C@H](CC(C)C)C(=O)O)n1. The first-order valence-corrected chi connectivity index (χ1v) is 7.47. The first-order valence-electron chi connectivity index (χ1n) is 7.47. The summed E-state index contributed by atoms with van der Waals surface area (Å²) in [7, 11) is 0. The highest BCUT2D eigenvalue weighted by Crippen LogP contribution is 2.14. The van der Waals surface area contributed by atoms with Crippen molar-refractivity contribution in [3.8, 4) is 0 Å². The van der Waals surface area contributed by atoms with Gasteiger partial charge in [-0.15, -0.1) is 0 Å². The van der Waals surface area contributed by atoms with Crippen LogP contribution in [0.1, 0.15) is 63.5 Å².